The number of methoxy groups -OCH3 is 1. The van der Waals surface area contributed by atoms with Crippen LogP contribution < -0.4 is 10.1 Å². The highest BCUT2D eigenvalue weighted by Gasteiger charge is 2.17. The van der Waals surface area contributed by atoms with Gasteiger partial charge in [-0.2, -0.15) is 5.10 Å². The molecule has 0 saturated heterocycles. The number of rotatable bonds is 4. The molecule has 4 nitrogen and oxygen atoms in total. The fourth-order valence-corrected chi connectivity index (χ4v) is 1.96. The monoisotopic (exact) mass is 267 g/mol. The van der Waals surface area contributed by atoms with Crippen molar-refractivity contribution in [2.45, 2.75) is 6.54 Å². The van der Waals surface area contributed by atoms with Gasteiger partial charge in [-0.05, 0) is 13.1 Å². The number of ether oxygens (including phenoxy) is 1. The van der Waals surface area contributed by atoms with Gasteiger partial charge >= 0.3 is 0 Å². The van der Waals surface area contributed by atoms with Crippen molar-refractivity contribution < 1.29 is 13.5 Å². The van der Waals surface area contributed by atoms with E-state index in [-0.39, 0.29) is 11.3 Å². The molecular formula is C13H15F2N3O. The average molecular weight is 267 g/mol. The highest BCUT2D eigenvalue weighted by molar-refractivity contribution is 5.67. The summed E-state index contributed by atoms with van der Waals surface area (Å²) in [6.45, 7) is 0.513. The molecule has 0 fully saturated rings. The molecule has 0 saturated carbocycles. The second-order valence-electron chi connectivity index (χ2n) is 4.13. The smallest absolute Gasteiger partial charge is 0.165 e. The van der Waals surface area contributed by atoms with Crippen molar-refractivity contribution in [3.05, 3.63) is 35.7 Å². The minimum Gasteiger partial charge on any atom is -0.494 e. The van der Waals surface area contributed by atoms with E-state index in [4.69, 9.17) is 4.74 Å². The van der Waals surface area contributed by atoms with Crippen LogP contribution in [0.1, 0.15) is 5.69 Å². The zero-order valence-electron chi connectivity index (χ0n) is 11.0. The second-order valence-corrected chi connectivity index (χ2v) is 4.13. The first-order valence-electron chi connectivity index (χ1n) is 5.77. The lowest BCUT2D eigenvalue weighted by Crippen LogP contribution is -2.11. The maximum Gasteiger partial charge on any atom is 0.165 e. The molecule has 1 N–H and O–H groups in total. The summed E-state index contributed by atoms with van der Waals surface area (Å²) in [5.74, 6) is -1.25. The third kappa shape index (κ3) is 2.44. The van der Waals surface area contributed by atoms with E-state index in [9.17, 15) is 8.78 Å². The zero-order chi connectivity index (χ0) is 14.0. The molecule has 0 spiro atoms. The molecule has 1 aromatic carbocycles. The van der Waals surface area contributed by atoms with Crippen LogP contribution in [0.25, 0.3) is 11.1 Å². The summed E-state index contributed by atoms with van der Waals surface area (Å²) in [5.41, 5.74) is 1.53. The second kappa shape index (κ2) is 5.36. The first-order chi connectivity index (χ1) is 9.08. The number of nitrogens with one attached hydrogen (secondary N) is 1. The van der Waals surface area contributed by atoms with Gasteiger partial charge < -0.3 is 10.1 Å². The van der Waals surface area contributed by atoms with Crippen LogP contribution in [0.2, 0.25) is 0 Å². The summed E-state index contributed by atoms with van der Waals surface area (Å²) < 4.78 is 34.1. The molecule has 19 heavy (non-hydrogen) atoms. The Labute approximate surface area is 110 Å². The van der Waals surface area contributed by atoms with Gasteiger partial charge in [-0.25, -0.2) is 8.78 Å². The van der Waals surface area contributed by atoms with Crippen LogP contribution in [0.3, 0.4) is 0 Å². The van der Waals surface area contributed by atoms with Gasteiger partial charge in [0.25, 0.3) is 0 Å². The topological polar surface area (TPSA) is 39.1 Å². The third-order valence-corrected chi connectivity index (χ3v) is 2.94. The van der Waals surface area contributed by atoms with Crippen molar-refractivity contribution >= 4 is 0 Å². The summed E-state index contributed by atoms with van der Waals surface area (Å²) in [6, 6.07) is 2.17. The van der Waals surface area contributed by atoms with Gasteiger partial charge in [0.05, 0.1) is 19.0 Å². The van der Waals surface area contributed by atoms with Gasteiger partial charge in [0.15, 0.2) is 11.6 Å². The molecule has 0 bridgehead atoms. The minimum atomic E-state index is -0.599. The standard InChI is InChI=1S/C13H15F2N3O/c1-16-7-12-9(6-17-18(12)2)8-4-11(15)13(19-3)5-10(8)14/h4-6,16H,7H2,1-3H3. The fourth-order valence-electron chi connectivity index (χ4n) is 1.96. The van der Waals surface area contributed by atoms with E-state index in [1.807, 2.05) is 0 Å². The minimum absolute atomic E-state index is 0.111. The predicted molar refractivity (Wildman–Crippen MR) is 67.9 cm³/mol. The van der Waals surface area contributed by atoms with Gasteiger partial charge in [0, 0.05) is 30.8 Å². The Balaban J connectivity index is 2.56. The largest absolute Gasteiger partial charge is 0.494 e. The lowest BCUT2D eigenvalue weighted by molar-refractivity contribution is 0.383. The Morgan fingerprint density at radius 1 is 1.26 bits per heavy atom. The van der Waals surface area contributed by atoms with E-state index in [0.29, 0.717) is 12.1 Å². The fraction of sp³-hybridized carbons (Fsp3) is 0.308. The van der Waals surface area contributed by atoms with Gasteiger partial charge in [0.2, 0.25) is 0 Å². The SMILES string of the molecule is CNCc1c(-c2cc(F)c(OC)cc2F)cnn1C. The molecule has 6 heteroatoms. The Morgan fingerprint density at radius 2 is 2.00 bits per heavy atom. The quantitative estimate of drug-likeness (QED) is 0.922. The summed E-state index contributed by atoms with van der Waals surface area (Å²) >= 11 is 0. The molecule has 0 radical (unpaired) electrons. The van der Waals surface area contributed by atoms with Crippen molar-refractivity contribution in [1.82, 2.24) is 15.1 Å². The molecule has 2 rings (SSSR count). The summed E-state index contributed by atoms with van der Waals surface area (Å²) in [6.07, 6.45) is 1.52. The zero-order valence-corrected chi connectivity index (χ0v) is 11.0. The Kier molecular flexibility index (Phi) is 3.80. The average Bonchev–Trinajstić information content (AvgIpc) is 2.74. The lowest BCUT2D eigenvalue weighted by Gasteiger charge is -2.09. The normalized spacial score (nSPS) is 10.8. The van der Waals surface area contributed by atoms with Crippen molar-refractivity contribution in [2.75, 3.05) is 14.2 Å². The van der Waals surface area contributed by atoms with Gasteiger partial charge in [-0.15, -0.1) is 0 Å². The molecule has 0 aliphatic heterocycles. The van der Waals surface area contributed by atoms with E-state index in [2.05, 4.69) is 10.4 Å². The van der Waals surface area contributed by atoms with Crippen molar-refractivity contribution in [2.24, 2.45) is 7.05 Å². The number of hydrogen-bond acceptors (Lipinski definition) is 3. The molecule has 0 unspecified atom stereocenters. The van der Waals surface area contributed by atoms with Gasteiger partial charge in [-0.1, -0.05) is 0 Å². The van der Waals surface area contributed by atoms with Gasteiger partial charge in [0.1, 0.15) is 5.82 Å². The van der Waals surface area contributed by atoms with Crippen LogP contribution in [-0.2, 0) is 13.6 Å². The lowest BCUT2D eigenvalue weighted by atomic mass is 10.0. The number of halogens is 2. The molecule has 0 atom stereocenters. The molecule has 0 aliphatic carbocycles. The van der Waals surface area contributed by atoms with Crippen molar-refractivity contribution in [3.8, 4) is 16.9 Å². The first kappa shape index (κ1) is 13.5. The van der Waals surface area contributed by atoms with E-state index in [0.717, 1.165) is 17.8 Å². The third-order valence-electron chi connectivity index (χ3n) is 2.94. The Bertz CT molecular complexity index is 596. The van der Waals surface area contributed by atoms with Crippen LogP contribution in [-0.4, -0.2) is 23.9 Å². The Hall–Kier alpha value is -1.95. The van der Waals surface area contributed by atoms with E-state index < -0.39 is 11.6 Å². The highest BCUT2D eigenvalue weighted by Crippen LogP contribution is 2.30. The highest BCUT2D eigenvalue weighted by atomic mass is 19.1. The number of benzene rings is 1. The molecule has 102 valence electrons. The molecule has 1 aromatic heterocycles. The number of aryl methyl sites for hydroxylation is 1. The molecule has 2 aromatic rings. The molecule has 1 heterocycles. The first-order valence-corrected chi connectivity index (χ1v) is 5.77. The van der Waals surface area contributed by atoms with E-state index in [1.54, 1.807) is 18.8 Å². The molecule has 0 amide bonds. The van der Waals surface area contributed by atoms with E-state index in [1.165, 1.54) is 13.3 Å². The molecular weight excluding hydrogens is 252 g/mol. The summed E-state index contributed by atoms with van der Waals surface area (Å²) in [7, 11) is 4.84. The predicted octanol–water partition coefficient (Wildman–Crippen LogP) is 2.09. The summed E-state index contributed by atoms with van der Waals surface area (Å²) in [5, 5.41) is 7.06. The van der Waals surface area contributed by atoms with Crippen LogP contribution in [0, 0.1) is 11.6 Å². The van der Waals surface area contributed by atoms with Gasteiger partial charge in [-0.3, -0.25) is 4.68 Å². The maximum absolute atomic E-state index is 14.0. The van der Waals surface area contributed by atoms with E-state index >= 15 is 0 Å². The van der Waals surface area contributed by atoms with Crippen LogP contribution in [0.5, 0.6) is 5.75 Å². The van der Waals surface area contributed by atoms with Crippen molar-refractivity contribution in [1.29, 1.82) is 0 Å². The van der Waals surface area contributed by atoms with Crippen LogP contribution >= 0.6 is 0 Å². The van der Waals surface area contributed by atoms with Crippen molar-refractivity contribution in [3.63, 3.8) is 0 Å². The van der Waals surface area contributed by atoms with Crippen LogP contribution in [0.4, 0.5) is 8.78 Å². The number of nitrogens with zero attached hydrogens (tertiary/aromatic N) is 2. The van der Waals surface area contributed by atoms with Crippen LogP contribution in [0.15, 0.2) is 18.3 Å². The number of aromatic nitrogens is 2. The summed E-state index contributed by atoms with van der Waals surface area (Å²) in [4.78, 5) is 0. The number of hydrogen-bond donors (Lipinski definition) is 1. The molecule has 0 aliphatic rings. The maximum atomic E-state index is 14.0. The Morgan fingerprint density at radius 3 is 2.63 bits per heavy atom.